The molecule has 0 radical (unpaired) electrons. The average Bonchev–Trinajstić information content (AvgIpc) is 2.36. The van der Waals surface area contributed by atoms with Gasteiger partial charge in [0, 0.05) is 15.9 Å². The first kappa shape index (κ1) is 14.4. The number of aliphatic hydroxyl groups is 1. The quantitative estimate of drug-likeness (QED) is 0.856. The molecule has 19 heavy (non-hydrogen) atoms. The Morgan fingerprint density at radius 3 is 2.63 bits per heavy atom. The standard InChI is InChI=1S/C14H10BrClF2O/c15-12-3-1-9(16)7-11(12)14(19)6-8-5-10(17)2-4-13(8)18/h1-5,7,14,19H,6H2. The molecule has 1 N–H and O–H groups in total. The predicted molar refractivity (Wildman–Crippen MR) is 74.2 cm³/mol. The lowest BCUT2D eigenvalue weighted by Crippen LogP contribution is -2.05. The summed E-state index contributed by atoms with van der Waals surface area (Å²) in [6.45, 7) is 0. The Kier molecular flexibility index (Phi) is 4.55. The number of aliphatic hydroxyl groups excluding tert-OH is 1. The zero-order chi connectivity index (χ0) is 14.0. The molecule has 0 amide bonds. The Morgan fingerprint density at radius 2 is 1.89 bits per heavy atom. The minimum atomic E-state index is -0.968. The van der Waals surface area contributed by atoms with Gasteiger partial charge in [0.05, 0.1) is 6.10 Å². The van der Waals surface area contributed by atoms with E-state index in [1.54, 1.807) is 18.2 Å². The van der Waals surface area contributed by atoms with Gasteiger partial charge in [0.2, 0.25) is 0 Å². The first-order valence-electron chi connectivity index (χ1n) is 5.54. The van der Waals surface area contributed by atoms with Crippen LogP contribution in [0.4, 0.5) is 8.78 Å². The number of hydrogen-bond donors (Lipinski definition) is 1. The first-order chi connectivity index (χ1) is 8.97. The van der Waals surface area contributed by atoms with Crippen molar-refractivity contribution in [1.82, 2.24) is 0 Å². The van der Waals surface area contributed by atoms with Crippen LogP contribution >= 0.6 is 27.5 Å². The molecule has 0 spiro atoms. The van der Waals surface area contributed by atoms with E-state index in [0.717, 1.165) is 18.2 Å². The summed E-state index contributed by atoms with van der Waals surface area (Å²) in [4.78, 5) is 0. The van der Waals surface area contributed by atoms with E-state index in [1.807, 2.05) is 0 Å². The first-order valence-corrected chi connectivity index (χ1v) is 6.71. The summed E-state index contributed by atoms with van der Waals surface area (Å²) in [5.41, 5.74) is 0.663. The Balaban J connectivity index is 2.27. The van der Waals surface area contributed by atoms with E-state index in [4.69, 9.17) is 11.6 Å². The van der Waals surface area contributed by atoms with Crippen LogP contribution in [0.25, 0.3) is 0 Å². The number of benzene rings is 2. The molecule has 5 heteroatoms. The molecule has 2 rings (SSSR count). The van der Waals surface area contributed by atoms with Crippen molar-refractivity contribution in [2.45, 2.75) is 12.5 Å². The van der Waals surface area contributed by atoms with Crippen molar-refractivity contribution < 1.29 is 13.9 Å². The fourth-order valence-electron chi connectivity index (χ4n) is 1.79. The molecule has 0 aliphatic rings. The van der Waals surface area contributed by atoms with E-state index in [0.29, 0.717) is 15.1 Å². The Hall–Kier alpha value is -0.970. The Labute approximate surface area is 123 Å². The van der Waals surface area contributed by atoms with Crippen LogP contribution < -0.4 is 0 Å². The number of hydrogen-bond acceptors (Lipinski definition) is 1. The van der Waals surface area contributed by atoms with Gasteiger partial charge in [-0.25, -0.2) is 8.78 Å². The van der Waals surface area contributed by atoms with Gasteiger partial charge in [-0.05, 0) is 47.5 Å². The summed E-state index contributed by atoms with van der Waals surface area (Å²) in [6.07, 6.45) is -0.993. The highest BCUT2D eigenvalue weighted by molar-refractivity contribution is 9.10. The second-order valence-electron chi connectivity index (χ2n) is 4.12. The molecule has 0 bridgehead atoms. The summed E-state index contributed by atoms with van der Waals surface area (Å²) in [5.74, 6) is -1.08. The minimum absolute atomic E-state index is 0.0253. The lowest BCUT2D eigenvalue weighted by molar-refractivity contribution is 0.176. The Bertz CT molecular complexity index is 604. The van der Waals surface area contributed by atoms with Crippen LogP contribution in [-0.2, 0) is 6.42 Å². The smallest absolute Gasteiger partial charge is 0.126 e. The van der Waals surface area contributed by atoms with Crippen molar-refractivity contribution in [1.29, 1.82) is 0 Å². The highest BCUT2D eigenvalue weighted by Gasteiger charge is 2.15. The Morgan fingerprint density at radius 1 is 1.16 bits per heavy atom. The van der Waals surface area contributed by atoms with Crippen LogP contribution in [0.3, 0.4) is 0 Å². The van der Waals surface area contributed by atoms with Crippen molar-refractivity contribution in [3.63, 3.8) is 0 Å². The number of rotatable bonds is 3. The van der Waals surface area contributed by atoms with Crippen molar-refractivity contribution >= 4 is 27.5 Å². The predicted octanol–water partition coefficient (Wildman–Crippen LogP) is 4.66. The lowest BCUT2D eigenvalue weighted by Gasteiger charge is -2.14. The second kappa shape index (κ2) is 5.99. The monoisotopic (exact) mass is 346 g/mol. The molecule has 1 nitrogen and oxygen atoms in total. The van der Waals surface area contributed by atoms with Crippen LogP contribution in [-0.4, -0.2) is 5.11 Å². The molecule has 100 valence electrons. The van der Waals surface area contributed by atoms with E-state index in [1.165, 1.54) is 0 Å². The maximum atomic E-state index is 13.5. The van der Waals surface area contributed by atoms with Gasteiger partial charge in [-0.3, -0.25) is 0 Å². The molecule has 2 aromatic carbocycles. The molecule has 0 fully saturated rings. The van der Waals surface area contributed by atoms with Crippen molar-refractivity contribution in [3.05, 3.63) is 68.7 Å². The van der Waals surface area contributed by atoms with Crippen LogP contribution in [0, 0.1) is 11.6 Å². The molecule has 0 saturated heterocycles. The van der Waals surface area contributed by atoms with E-state index >= 15 is 0 Å². The summed E-state index contributed by atoms with van der Waals surface area (Å²) in [5, 5.41) is 10.6. The minimum Gasteiger partial charge on any atom is -0.388 e. The van der Waals surface area contributed by atoms with Gasteiger partial charge >= 0.3 is 0 Å². The summed E-state index contributed by atoms with van der Waals surface area (Å²) >= 11 is 9.15. The van der Waals surface area contributed by atoms with Gasteiger partial charge in [0.15, 0.2) is 0 Å². The number of halogens is 4. The van der Waals surface area contributed by atoms with E-state index in [-0.39, 0.29) is 12.0 Å². The van der Waals surface area contributed by atoms with Crippen LogP contribution in [0.15, 0.2) is 40.9 Å². The van der Waals surface area contributed by atoms with Gasteiger partial charge < -0.3 is 5.11 Å². The average molecular weight is 348 g/mol. The molecule has 1 unspecified atom stereocenters. The van der Waals surface area contributed by atoms with Crippen molar-refractivity contribution in [2.75, 3.05) is 0 Å². The van der Waals surface area contributed by atoms with Crippen LogP contribution in [0.1, 0.15) is 17.2 Å². The van der Waals surface area contributed by atoms with Gasteiger partial charge in [0.1, 0.15) is 11.6 Å². The highest BCUT2D eigenvalue weighted by atomic mass is 79.9. The lowest BCUT2D eigenvalue weighted by atomic mass is 10.0. The summed E-state index contributed by atoms with van der Waals surface area (Å²) in [6, 6.07) is 8.13. The zero-order valence-corrected chi connectivity index (χ0v) is 12.0. The molecule has 0 aliphatic carbocycles. The van der Waals surface area contributed by atoms with Crippen LogP contribution in [0.2, 0.25) is 5.02 Å². The van der Waals surface area contributed by atoms with Crippen LogP contribution in [0.5, 0.6) is 0 Å². The van der Waals surface area contributed by atoms with Gasteiger partial charge in [-0.1, -0.05) is 27.5 Å². The molecule has 0 aliphatic heterocycles. The molecule has 0 heterocycles. The molecule has 1 atom stereocenters. The summed E-state index contributed by atoms with van der Waals surface area (Å²) < 4.78 is 27.2. The SMILES string of the molecule is OC(Cc1cc(F)ccc1F)c1cc(Cl)ccc1Br. The molecular formula is C14H10BrClF2O. The highest BCUT2D eigenvalue weighted by Crippen LogP contribution is 2.29. The van der Waals surface area contributed by atoms with E-state index in [9.17, 15) is 13.9 Å². The molecular weight excluding hydrogens is 338 g/mol. The fraction of sp³-hybridized carbons (Fsp3) is 0.143. The topological polar surface area (TPSA) is 20.2 Å². The van der Waals surface area contributed by atoms with E-state index < -0.39 is 17.7 Å². The zero-order valence-electron chi connectivity index (χ0n) is 9.71. The maximum absolute atomic E-state index is 13.5. The largest absolute Gasteiger partial charge is 0.388 e. The van der Waals surface area contributed by atoms with Crippen molar-refractivity contribution in [2.24, 2.45) is 0 Å². The third-order valence-corrected chi connectivity index (χ3v) is 3.70. The van der Waals surface area contributed by atoms with E-state index in [2.05, 4.69) is 15.9 Å². The van der Waals surface area contributed by atoms with Gasteiger partial charge in [-0.2, -0.15) is 0 Å². The third-order valence-electron chi connectivity index (χ3n) is 2.74. The van der Waals surface area contributed by atoms with Gasteiger partial charge in [-0.15, -0.1) is 0 Å². The fourth-order valence-corrected chi connectivity index (χ4v) is 2.48. The summed E-state index contributed by atoms with van der Waals surface area (Å²) in [7, 11) is 0. The normalized spacial score (nSPS) is 12.5. The van der Waals surface area contributed by atoms with Crippen molar-refractivity contribution in [3.8, 4) is 0 Å². The maximum Gasteiger partial charge on any atom is 0.126 e. The van der Waals surface area contributed by atoms with Gasteiger partial charge in [0.25, 0.3) is 0 Å². The second-order valence-corrected chi connectivity index (χ2v) is 5.41. The molecule has 2 aromatic rings. The molecule has 0 aromatic heterocycles. The third kappa shape index (κ3) is 3.53. The molecule has 0 saturated carbocycles.